The number of rotatable bonds is 5. The summed E-state index contributed by atoms with van der Waals surface area (Å²) in [6.07, 6.45) is 5.32. The van der Waals surface area contributed by atoms with E-state index in [4.69, 9.17) is 4.74 Å². The Bertz CT molecular complexity index is 803. The van der Waals surface area contributed by atoms with Gasteiger partial charge in [-0.05, 0) is 23.3 Å². The number of aliphatic hydroxyl groups excluding tert-OH is 1. The third kappa shape index (κ3) is 3.55. The van der Waals surface area contributed by atoms with E-state index in [1.165, 1.54) is 11.1 Å². The molecular formula is C21H23N3O2. The SMILES string of the molecule is OC[C@H]1OCCN(Cc2ccc(-n3ccnc3)cc2)[C@@H]1c1ccccc1. The van der Waals surface area contributed by atoms with Crippen molar-refractivity contribution in [1.82, 2.24) is 14.5 Å². The van der Waals surface area contributed by atoms with Crippen LogP contribution in [0.3, 0.4) is 0 Å². The molecule has 0 bridgehead atoms. The maximum absolute atomic E-state index is 9.79. The lowest BCUT2D eigenvalue weighted by atomic mass is 9.97. The summed E-state index contributed by atoms with van der Waals surface area (Å²) in [6, 6.07) is 18.9. The van der Waals surface area contributed by atoms with Gasteiger partial charge in [0, 0.05) is 31.2 Å². The predicted octanol–water partition coefficient (Wildman–Crippen LogP) is 2.81. The number of imidazole rings is 1. The fourth-order valence-corrected chi connectivity index (χ4v) is 3.61. The molecule has 0 unspecified atom stereocenters. The van der Waals surface area contributed by atoms with Gasteiger partial charge in [0.2, 0.25) is 0 Å². The molecule has 5 heteroatoms. The predicted molar refractivity (Wildman–Crippen MR) is 100.0 cm³/mol. The first-order chi connectivity index (χ1) is 12.8. The molecule has 4 rings (SSSR count). The average molecular weight is 349 g/mol. The topological polar surface area (TPSA) is 50.5 Å². The van der Waals surface area contributed by atoms with Crippen LogP contribution in [0.25, 0.3) is 5.69 Å². The van der Waals surface area contributed by atoms with Crippen LogP contribution < -0.4 is 0 Å². The highest BCUT2D eigenvalue weighted by atomic mass is 16.5. The summed E-state index contributed by atoms with van der Waals surface area (Å²) in [4.78, 5) is 6.49. The van der Waals surface area contributed by atoms with Crippen molar-refractivity contribution in [1.29, 1.82) is 0 Å². The number of benzene rings is 2. The van der Waals surface area contributed by atoms with Gasteiger partial charge in [0.1, 0.15) is 6.10 Å². The number of hydrogen-bond donors (Lipinski definition) is 1. The molecule has 0 saturated carbocycles. The molecule has 0 amide bonds. The molecule has 1 aliphatic heterocycles. The summed E-state index contributed by atoms with van der Waals surface area (Å²) in [5.41, 5.74) is 3.52. The average Bonchev–Trinajstić information content (AvgIpc) is 3.24. The van der Waals surface area contributed by atoms with Crippen LogP contribution in [0, 0.1) is 0 Å². The van der Waals surface area contributed by atoms with Crippen LogP contribution in [0.15, 0.2) is 73.3 Å². The van der Waals surface area contributed by atoms with Crippen LogP contribution in [-0.2, 0) is 11.3 Å². The fraction of sp³-hybridized carbons (Fsp3) is 0.286. The van der Waals surface area contributed by atoms with Gasteiger partial charge in [-0.15, -0.1) is 0 Å². The second kappa shape index (κ2) is 7.83. The second-order valence-corrected chi connectivity index (χ2v) is 6.55. The van der Waals surface area contributed by atoms with Gasteiger partial charge in [0.15, 0.2) is 0 Å². The van der Waals surface area contributed by atoms with Crippen molar-refractivity contribution in [3.05, 3.63) is 84.4 Å². The van der Waals surface area contributed by atoms with Crippen LogP contribution in [0.1, 0.15) is 17.2 Å². The van der Waals surface area contributed by atoms with E-state index < -0.39 is 0 Å². The lowest BCUT2D eigenvalue weighted by molar-refractivity contribution is -0.0960. The summed E-state index contributed by atoms with van der Waals surface area (Å²) < 4.78 is 7.82. The van der Waals surface area contributed by atoms with E-state index >= 15 is 0 Å². The molecule has 2 heterocycles. The minimum atomic E-state index is -0.198. The molecular weight excluding hydrogens is 326 g/mol. The van der Waals surface area contributed by atoms with Crippen molar-refractivity contribution in [2.24, 2.45) is 0 Å². The number of morpholine rings is 1. The van der Waals surface area contributed by atoms with Gasteiger partial charge in [0.05, 0.1) is 25.6 Å². The summed E-state index contributed by atoms with van der Waals surface area (Å²) in [5, 5.41) is 9.79. The molecule has 5 nitrogen and oxygen atoms in total. The smallest absolute Gasteiger partial charge is 0.100 e. The molecule has 1 aromatic heterocycles. The Labute approximate surface area is 153 Å². The van der Waals surface area contributed by atoms with Gasteiger partial charge in [-0.25, -0.2) is 4.98 Å². The minimum absolute atomic E-state index is 0.0234. The molecule has 134 valence electrons. The van der Waals surface area contributed by atoms with Gasteiger partial charge in [-0.3, -0.25) is 4.90 Å². The molecule has 0 radical (unpaired) electrons. The van der Waals surface area contributed by atoms with Crippen LogP contribution >= 0.6 is 0 Å². The summed E-state index contributed by atoms with van der Waals surface area (Å²) in [7, 11) is 0. The number of aliphatic hydroxyl groups is 1. The van der Waals surface area contributed by atoms with Gasteiger partial charge in [0.25, 0.3) is 0 Å². The summed E-state index contributed by atoms with van der Waals surface area (Å²) >= 11 is 0. The molecule has 0 aliphatic carbocycles. The van der Waals surface area contributed by atoms with Crippen LogP contribution in [0.5, 0.6) is 0 Å². The van der Waals surface area contributed by atoms with E-state index in [1.54, 1.807) is 12.5 Å². The maximum Gasteiger partial charge on any atom is 0.100 e. The quantitative estimate of drug-likeness (QED) is 0.770. The largest absolute Gasteiger partial charge is 0.394 e. The van der Waals surface area contributed by atoms with Crippen molar-refractivity contribution in [2.75, 3.05) is 19.8 Å². The molecule has 2 aromatic carbocycles. The Kier molecular flexibility index (Phi) is 5.11. The Morgan fingerprint density at radius 2 is 1.88 bits per heavy atom. The standard InChI is InChI=1S/C21H23N3O2/c25-15-20-21(18-4-2-1-3-5-18)23(12-13-26-20)14-17-6-8-19(9-7-17)24-11-10-22-16-24/h1-11,16,20-21,25H,12-15H2/t20-,21-/m1/s1. The molecule has 1 N–H and O–H groups in total. The van der Waals surface area contributed by atoms with Crippen molar-refractivity contribution < 1.29 is 9.84 Å². The van der Waals surface area contributed by atoms with Crippen molar-refractivity contribution in [2.45, 2.75) is 18.7 Å². The van der Waals surface area contributed by atoms with E-state index in [-0.39, 0.29) is 18.8 Å². The lowest BCUT2D eigenvalue weighted by Gasteiger charge is -2.41. The number of aromatic nitrogens is 2. The second-order valence-electron chi connectivity index (χ2n) is 6.55. The monoisotopic (exact) mass is 349 g/mol. The van der Waals surface area contributed by atoms with E-state index in [9.17, 15) is 5.11 Å². The summed E-state index contributed by atoms with van der Waals surface area (Å²) in [5.74, 6) is 0. The van der Waals surface area contributed by atoms with E-state index in [2.05, 4.69) is 46.3 Å². The third-order valence-electron chi connectivity index (χ3n) is 4.90. The first kappa shape index (κ1) is 17.0. The van der Waals surface area contributed by atoms with Gasteiger partial charge < -0.3 is 14.4 Å². The normalized spacial score (nSPS) is 21.0. The molecule has 1 aliphatic rings. The zero-order valence-electron chi connectivity index (χ0n) is 14.6. The number of nitrogens with zero attached hydrogens (tertiary/aromatic N) is 3. The molecule has 1 fully saturated rings. The lowest BCUT2D eigenvalue weighted by Crippen LogP contribution is -2.46. The Morgan fingerprint density at radius 3 is 2.58 bits per heavy atom. The first-order valence-corrected chi connectivity index (χ1v) is 8.94. The van der Waals surface area contributed by atoms with Crippen molar-refractivity contribution in [3.63, 3.8) is 0 Å². The summed E-state index contributed by atoms with van der Waals surface area (Å²) in [6.45, 7) is 2.33. The van der Waals surface area contributed by atoms with E-state index in [0.717, 1.165) is 18.8 Å². The van der Waals surface area contributed by atoms with Crippen LogP contribution in [0.4, 0.5) is 0 Å². The molecule has 26 heavy (non-hydrogen) atoms. The van der Waals surface area contributed by atoms with Crippen LogP contribution in [0.2, 0.25) is 0 Å². The van der Waals surface area contributed by atoms with Crippen LogP contribution in [-0.4, -0.2) is 45.4 Å². The highest BCUT2D eigenvalue weighted by Crippen LogP contribution is 2.30. The van der Waals surface area contributed by atoms with Crippen molar-refractivity contribution in [3.8, 4) is 5.69 Å². The van der Waals surface area contributed by atoms with E-state index in [1.807, 2.05) is 29.0 Å². The molecule has 0 spiro atoms. The molecule has 1 saturated heterocycles. The Hall–Kier alpha value is -2.47. The maximum atomic E-state index is 9.79. The minimum Gasteiger partial charge on any atom is -0.394 e. The van der Waals surface area contributed by atoms with Gasteiger partial charge >= 0.3 is 0 Å². The third-order valence-corrected chi connectivity index (χ3v) is 4.90. The van der Waals surface area contributed by atoms with Gasteiger partial charge in [-0.2, -0.15) is 0 Å². The fourth-order valence-electron chi connectivity index (χ4n) is 3.61. The van der Waals surface area contributed by atoms with Gasteiger partial charge in [-0.1, -0.05) is 42.5 Å². The molecule has 2 atom stereocenters. The zero-order chi connectivity index (χ0) is 17.8. The number of hydrogen-bond acceptors (Lipinski definition) is 4. The highest BCUT2D eigenvalue weighted by Gasteiger charge is 2.33. The number of ether oxygens (including phenoxy) is 1. The highest BCUT2D eigenvalue weighted by molar-refractivity contribution is 5.34. The van der Waals surface area contributed by atoms with E-state index in [0.29, 0.717) is 6.61 Å². The van der Waals surface area contributed by atoms with Crippen molar-refractivity contribution >= 4 is 0 Å². The Morgan fingerprint density at radius 1 is 1.08 bits per heavy atom. The first-order valence-electron chi connectivity index (χ1n) is 8.94. The Balaban J connectivity index is 1.55. The zero-order valence-corrected chi connectivity index (χ0v) is 14.6. The molecule has 3 aromatic rings.